The molecule has 29 heavy (non-hydrogen) atoms. The summed E-state index contributed by atoms with van der Waals surface area (Å²) >= 11 is 1.51. The molecule has 0 saturated heterocycles. The molecule has 6 nitrogen and oxygen atoms in total. The number of imide groups is 1. The summed E-state index contributed by atoms with van der Waals surface area (Å²) in [4.78, 5) is 28.4. The van der Waals surface area contributed by atoms with E-state index >= 15 is 0 Å². The molecule has 0 saturated carbocycles. The summed E-state index contributed by atoms with van der Waals surface area (Å²) in [6.45, 7) is 3.24. The molecule has 0 aliphatic carbocycles. The number of carbonyl (C=O) groups is 2. The molecule has 0 aliphatic rings. The molecular weight excluding hydrogens is 384 g/mol. The topological polar surface area (TPSA) is 76.0 Å². The predicted octanol–water partition coefficient (Wildman–Crippen LogP) is 4.08. The van der Waals surface area contributed by atoms with Gasteiger partial charge in [0, 0.05) is 25.3 Å². The average molecular weight is 409 g/mol. The van der Waals surface area contributed by atoms with Crippen molar-refractivity contribution in [3.63, 3.8) is 0 Å². The quantitative estimate of drug-likeness (QED) is 0.551. The molecule has 1 heterocycles. The molecule has 0 aliphatic heterocycles. The number of imidazole rings is 1. The van der Waals surface area contributed by atoms with Crippen molar-refractivity contribution in [2.75, 3.05) is 5.75 Å². The molecule has 0 spiro atoms. The van der Waals surface area contributed by atoms with Gasteiger partial charge in [0.15, 0.2) is 5.16 Å². The van der Waals surface area contributed by atoms with Crippen LogP contribution in [-0.4, -0.2) is 27.2 Å². The Hall–Kier alpha value is -3.06. The second-order valence-corrected chi connectivity index (χ2v) is 7.41. The molecule has 0 fully saturated rings. The minimum absolute atomic E-state index is 0.237. The Kier molecular flexibility index (Phi) is 7.47. The van der Waals surface area contributed by atoms with E-state index in [4.69, 9.17) is 0 Å². The lowest BCUT2D eigenvalue weighted by Crippen LogP contribution is -2.39. The number of hydrogen-bond acceptors (Lipinski definition) is 4. The van der Waals surface area contributed by atoms with Gasteiger partial charge >= 0.3 is 6.03 Å². The van der Waals surface area contributed by atoms with Crippen LogP contribution in [0, 0.1) is 0 Å². The van der Waals surface area contributed by atoms with Gasteiger partial charge in [-0.15, -0.1) is 0 Å². The van der Waals surface area contributed by atoms with Gasteiger partial charge in [-0.2, -0.15) is 0 Å². The zero-order valence-corrected chi connectivity index (χ0v) is 17.1. The van der Waals surface area contributed by atoms with Crippen molar-refractivity contribution in [2.45, 2.75) is 31.6 Å². The van der Waals surface area contributed by atoms with Crippen molar-refractivity contribution < 1.29 is 9.59 Å². The molecule has 2 aromatic carbocycles. The lowest BCUT2D eigenvalue weighted by molar-refractivity contribution is -0.119. The zero-order valence-electron chi connectivity index (χ0n) is 16.3. The Morgan fingerprint density at radius 1 is 1.03 bits per heavy atom. The van der Waals surface area contributed by atoms with E-state index in [0.29, 0.717) is 12.3 Å². The highest BCUT2D eigenvalue weighted by atomic mass is 32.2. The van der Waals surface area contributed by atoms with Crippen LogP contribution in [-0.2, 0) is 17.9 Å². The van der Waals surface area contributed by atoms with Crippen LogP contribution >= 0.6 is 11.8 Å². The summed E-state index contributed by atoms with van der Waals surface area (Å²) in [5, 5.41) is 5.92. The fourth-order valence-electron chi connectivity index (χ4n) is 2.87. The van der Waals surface area contributed by atoms with Crippen LogP contribution in [0.15, 0.2) is 72.0 Å². The number of benzene rings is 2. The van der Waals surface area contributed by atoms with E-state index in [2.05, 4.69) is 39.2 Å². The van der Waals surface area contributed by atoms with Crippen molar-refractivity contribution in [1.29, 1.82) is 0 Å². The van der Waals surface area contributed by atoms with Gasteiger partial charge in [-0.3, -0.25) is 10.1 Å². The fraction of sp³-hybridized carbons (Fsp3) is 0.227. The number of thioether (sulfide) groups is 1. The van der Waals surface area contributed by atoms with Gasteiger partial charge in [-0.1, -0.05) is 72.4 Å². The van der Waals surface area contributed by atoms with Crippen LogP contribution in [0.1, 0.15) is 18.9 Å². The minimum atomic E-state index is -0.481. The number of hydrogen-bond donors (Lipinski definition) is 2. The van der Waals surface area contributed by atoms with Gasteiger partial charge in [0.2, 0.25) is 5.91 Å². The van der Waals surface area contributed by atoms with Gasteiger partial charge in [0.05, 0.1) is 11.9 Å². The second kappa shape index (κ2) is 10.5. The molecule has 2 N–H and O–H groups in total. The summed E-state index contributed by atoms with van der Waals surface area (Å²) in [5.74, 6) is 0.240. The first kappa shape index (κ1) is 20.7. The summed E-state index contributed by atoms with van der Waals surface area (Å²) in [5.41, 5.74) is 3.15. The number of aromatic nitrogens is 2. The zero-order chi connectivity index (χ0) is 20.5. The highest BCUT2D eigenvalue weighted by molar-refractivity contribution is 7.99. The first-order valence-electron chi connectivity index (χ1n) is 9.52. The van der Waals surface area contributed by atoms with Crippen molar-refractivity contribution >= 4 is 23.7 Å². The third-order valence-corrected chi connectivity index (χ3v) is 5.31. The Labute approximate surface area is 174 Å². The molecular formula is C22H24N4O2S. The predicted molar refractivity (Wildman–Crippen MR) is 115 cm³/mol. The minimum Gasteiger partial charge on any atom is -0.334 e. The van der Waals surface area contributed by atoms with Crippen LogP contribution in [0.4, 0.5) is 4.79 Å². The van der Waals surface area contributed by atoms with E-state index in [1.807, 2.05) is 54.7 Å². The number of carbonyl (C=O) groups excluding carboxylic acids is 2. The second-order valence-electron chi connectivity index (χ2n) is 6.35. The van der Waals surface area contributed by atoms with Gasteiger partial charge in [-0.05, 0) is 18.1 Å². The largest absolute Gasteiger partial charge is 0.334 e. The standard InChI is InChI=1S/C22H24N4O2S/c1-2-26-19(18-11-7-4-8-12-18)16-24-22(26)29-14-13-20(27)25-21(28)23-15-17-9-5-3-6-10-17/h3-12,16H,2,13-15H2,1H3,(H2,23,25,27,28). The SMILES string of the molecule is CCn1c(-c2ccccc2)cnc1SCCC(=O)NC(=O)NCc1ccccc1. The Balaban J connectivity index is 1.45. The molecule has 3 amide bonds. The van der Waals surface area contributed by atoms with Crippen molar-refractivity contribution in [3.05, 3.63) is 72.4 Å². The van der Waals surface area contributed by atoms with E-state index in [1.54, 1.807) is 0 Å². The van der Waals surface area contributed by atoms with Crippen LogP contribution in [0.3, 0.4) is 0 Å². The third-order valence-electron chi connectivity index (χ3n) is 4.31. The van der Waals surface area contributed by atoms with E-state index in [1.165, 1.54) is 11.8 Å². The van der Waals surface area contributed by atoms with E-state index < -0.39 is 6.03 Å². The Morgan fingerprint density at radius 3 is 2.41 bits per heavy atom. The molecule has 7 heteroatoms. The molecule has 0 unspecified atom stereocenters. The van der Waals surface area contributed by atoms with Gasteiger partial charge in [0.1, 0.15) is 0 Å². The lowest BCUT2D eigenvalue weighted by Gasteiger charge is -2.09. The lowest BCUT2D eigenvalue weighted by atomic mass is 10.2. The van der Waals surface area contributed by atoms with Crippen LogP contribution < -0.4 is 10.6 Å². The Bertz CT molecular complexity index is 942. The number of nitrogens with zero attached hydrogens (tertiary/aromatic N) is 2. The average Bonchev–Trinajstić information content (AvgIpc) is 3.16. The first-order valence-corrected chi connectivity index (χ1v) is 10.5. The number of urea groups is 1. The maximum atomic E-state index is 12.0. The van der Waals surface area contributed by atoms with E-state index in [-0.39, 0.29) is 12.3 Å². The first-order chi connectivity index (χ1) is 14.2. The van der Waals surface area contributed by atoms with Gasteiger partial charge in [0.25, 0.3) is 0 Å². The monoisotopic (exact) mass is 408 g/mol. The summed E-state index contributed by atoms with van der Waals surface area (Å²) in [7, 11) is 0. The summed E-state index contributed by atoms with van der Waals surface area (Å²) < 4.78 is 2.13. The maximum Gasteiger partial charge on any atom is 0.321 e. The molecule has 0 atom stereocenters. The van der Waals surface area contributed by atoms with Crippen molar-refractivity contribution in [2.24, 2.45) is 0 Å². The normalized spacial score (nSPS) is 10.5. The summed E-state index contributed by atoms with van der Waals surface area (Å²) in [6, 6.07) is 19.2. The van der Waals surface area contributed by atoms with Gasteiger partial charge < -0.3 is 9.88 Å². The van der Waals surface area contributed by atoms with Crippen molar-refractivity contribution in [1.82, 2.24) is 20.2 Å². The molecule has 150 valence electrons. The Morgan fingerprint density at radius 2 is 1.72 bits per heavy atom. The molecule has 0 radical (unpaired) electrons. The molecule has 1 aromatic heterocycles. The molecule has 0 bridgehead atoms. The fourth-order valence-corrected chi connectivity index (χ4v) is 3.85. The number of nitrogens with one attached hydrogen (secondary N) is 2. The number of amides is 3. The smallest absolute Gasteiger partial charge is 0.321 e. The number of rotatable bonds is 8. The molecule has 3 rings (SSSR count). The highest BCUT2D eigenvalue weighted by Crippen LogP contribution is 2.26. The van der Waals surface area contributed by atoms with Gasteiger partial charge in [-0.25, -0.2) is 9.78 Å². The van der Waals surface area contributed by atoms with Crippen LogP contribution in [0.2, 0.25) is 0 Å². The third kappa shape index (κ3) is 5.96. The van der Waals surface area contributed by atoms with Crippen LogP contribution in [0.25, 0.3) is 11.3 Å². The van der Waals surface area contributed by atoms with E-state index in [0.717, 1.165) is 28.5 Å². The van der Waals surface area contributed by atoms with Crippen molar-refractivity contribution in [3.8, 4) is 11.3 Å². The molecule has 3 aromatic rings. The highest BCUT2D eigenvalue weighted by Gasteiger charge is 2.12. The maximum absolute atomic E-state index is 12.0. The van der Waals surface area contributed by atoms with Crippen LogP contribution in [0.5, 0.6) is 0 Å². The summed E-state index contributed by atoms with van der Waals surface area (Å²) in [6.07, 6.45) is 2.10. The van der Waals surface area contributed by atoms with E-state index in [9.17, 15) is 9.59 Å².